The average molecular weight is 447 g/mol. The standard InChI is InChI=1S/C25H26N4O2S/c1-29-15-20(19-12-23(30-2)24(31-3)13-22(19)29)21-11-18-16(6-9-27-25(18)28-21)14-26-8-7-17-5-4-10-32-17/h4-6,9-13,15,26H,7-8,14H2,1-3H3,(H,27,28). The molecule has 5 aromatic rings. The molecule has 0 amide bonds. The van der Waals surface area contributed by atoms with Gasteiger partial charge in [0, 0.05) is 65.5 Å². The quantitative estimate of drug-likeness (QED) is 0.324. The van der Waals surface area contributed by atoms with Gasteiger partial charge in [-0.05, 0) is 41.6 Å². The Morgan fingerprint density at radius 3 is 2.72 bits per heavy atom. The van der Waals surface area contributed by atoms with Crippen molar-refractivity contribution in [3.05, 3.63) is 64.6 Å². The summed E-state index contributed by atoms with van der Waals surface area (Å²) >= 11 is 1.81. The third-order valence-electron chi connectivity index (χ3n) is 5.85. The first-order valence-corrected chi connectivity index (χ1v) is 11.5. The van der Waals surface area contributed by atoms with Gasteiger partial charge in [-0.25, -0.2) is 4.98 Å². The Balaban J connectivity index is 1.46. The van der Waals surface area contributed by atoms with Crippen molar-refractivity contribution in [3.8, 4) is 22.8 Å². The highest BCUT2D eigenvalue weighted by Gasteiger charge is 2.16. The Morgan fingerprint density at radius 2 is 1.94 bits per heavy atom. The minimum absolute atomic E-state index is 0.720. The zero-order valence-corrected chi connectivity index (χ0v) is 19.3. The summed E-state index contributed by atoms with van der Waals surface area (Å²) in [5, 5.41) is 7.95. The molecule has 0 spiro atoms. The van der Waals surface area contributed by atoms with Crippen LogP contribution in [0.1, 0.15) is 10.4 Å². The lowest BCUT2D eigenvalue weighted by atomic mass is 10.1. The van der Waals surface area contributed by atoms with Gasteiger partial charge in [-0.15, -0.1) is 11.3 Å². The molecule has 0 unspecified atom stereocenters. The largest absolute Gasteiger partial charge is 0.493 e. The molecule has 0 aliphatic heterocycles. The van der Waals surface area contributed by atoms with Gasteiger partial charge in [0.15, 0.2) is 11.5 Å². The van der Waals surface area contributed by atoms with Crippen LogP contribution in [0.25, 0.3) is 33.2 Å². The molecule has 2 N–H and O–H groups in total. The number of benzene rings is 1. The maximum absolute atomic E-state index is 5.54. The predicted octanol–water partition coefficient (Wildman–Crippen LogP) is 5.13. The van der Waals surface area contributed by atoms with Gasteiger partial charge in [0.1, 0.15) is 5.65 Å². The Hall–Kier alpha value is -3.29. The lowest BCUT2D eigenvalue weighted by molar-refractivity contribution is 0.355. The smallest absolute Gasteiger partial charge is 0.162 e. The van der Waals surface area contributed by atoms with Crippen LogP contribution in [0.2, 0.25) is 0 Å². The molecular weight excluding hydrogens is 420 g/mol. The van der Waals surface area contributed by atoms with Crippen molar-refractivity contribution >= 4 is 33.3 Å². The maximum atomic E-state index is 5.54. The Morgan fingerprint density at radius 1 is 1.09 bits per heavy atom. The molecule has 0 radical (unpaired) electrons. The zero-order chi connectivity index (χ0) is 22.1. The van der Waals surface area contributed by atoms with Crippen molar-refractivity contribution in [2.45, 2.75) is 13.0 Å². The highest BCUT2D eigenvalue weighted by molar-refractivity contribution is 7.09. The van der Waals surface area contributed by atoms with Gasteiger partial charge in [-0.2, -0.15) is 0 Å². The van der Waals surface area contributed by atoms with Crippen molar-refractivity contribution in [1.82, 2.24) is 19.9 Å². The maximum Gasteiger partial charge on any atom is 0.162 e. The molecule has 6 nitrogen and oxygen atoms in total. The van der Waals surface area contributed by atoms with E-state index in [1.165, 1.54) is 10.4 Å². The van der Waals surface area contributed by atoms with Gasteiger partial charge in [0.2, 0.25) is 0 Å². The lowest BCUT2D eigenvalue weighted by Gasteiger charge is -2.08. The molecule has 0 saturated carbocycles. The molecule has 0 bridgehead atoms. The second-order valence-corrected chi connectivity index (χ2v) is 8.83. The normalized spacial score (nSPS) is 11.5. The number of ether oxygens (including phenoxy) is 2. The number of nitrogens with zero attached hydrogens (tertiary/aromatic N) is 2. The van der Waals surface area contributed by atoms with E-state index in [1.54, 1.807) is 25.6 Å². The number of rotatable bonds is 8. The van der Waals surface area contributed by atoms with Crippen LogP contribution in [0.4, 0.5) is 0 Å². The third kappa shape index (κ3) is 3.74. The number of aromatic nitrogens is 3. The highest BCUT2D eigenvalue weighted by Crippen LogP contribution is 2.38. The van der Waals surface area contributed by atoms with Crippen LogP contribution >= 0.6 is 11.3 Å². The molecule has 0 saturated heterocycles. The number of nitrogens with one attached hydrogen (secondary N) is 2. The SMILES string of the molecule is COc1cc2c(-c3cc4c(CNCCc5cccs5)ccnc4[nH]3)cn(C)c2cc1OC. The summed E-state index contributed by atoms with van der Waals surface area (Å²) in [5.74, 6) is 1.44. The summed E-state index contributed by atoms with van der Waals surface area (Å²) < 4.78 is 13.1. The molecule has 4 aromatic heterocycles. The minimum Gasteiger partial charge on any atom is -0.493 e. The van der Waals surface area contributed by atoms with Crippen molar-refractivity contribution < 1.29 is 9.47 Å². The molecule has 32 heavy (non-hydrogen) atoms. The van der Waals surface area contributed by atoms with Crippen LogP contribution in [0.3, 0.4) is 0 Å². The van der Waals surface area contributed by atoms with Crippen LogP contribution in [0.15, 0.2) is 54.2 Å². The summed E-state index contributed by atoms with van der Waals surface area (Å²) in [5.41, 5.74) is 5.37. The summed E-state index contributed by atoms with van der Waals surface area (Å²) in [7, 11) is 5.37. The van der Waals surface area contributed by atoms with E-state index < -0.39 is 0 Å². The fraction of sp³-hybridized carbons (Fsp3) is 0.240. The molecule has 7 heteroatoms. The predicted molar refractivity (Wildman–Crippen MR) is 131 cm³/mol. The van der Waals surface area contributed by atoms with Gasteiger partial charge >= 0.3 is 0 Å². The monoisotopic (exact) mass is 446 g/mol. The number of aryl methyl sites for hydroxylation is 1. The number of hydrogen-bond donors (Lipinski definition) is 2. The number of methoxy groups -OCH3 is 2. The summed E-state index contributed by atoms with van der Waals surface area (Å²) in [6, 6.07) is 12.6. The van der Waals surface area contributed by atoms with Crippen molar-refractivity contribution in [2.24, 2.45) is 7.05 Å². The molecule has 4 heterocycles. The molecule has 5 rings (SSSR count). The van der Waals surface area contributed by atoms with Crippen molar-refractivity contribution in [1.29, 1.82) is 0 Å². The fourth-order valence-electron chi connectivity index (χ4n) is 4.19. The molecular formula is C25H26N4O2S. The van der Waals surface area contributed by atoms with Crippen LogP contribution in [0.5, 0.6) is 11.5 Å². The van der Waals surface area contributed by atoms with E-state index in [0.29, 0.717) is 0 Å². The van der Waals surface area contributed by atoms with Gasteiger partial charge in [0.05, 0.1) is 19.7 Å². The van der Waals surface area contributed by atoms with E-state index in [4.69, 9.17) is 9.47 Å². The van der Waals surface area contributed by atoms with Gasteiger partial charge in [-0.1, -0.05) is 6.07 Å². The second kappa shape index (κ2) is 8.68. The molecule has 164 valence electrons. The molecule has 0 aliphatic carbocycles. The van der Waals surface area contributed by atoms with E-state index in [9.17, 15) is 0 Å². The van der Waals surface area contributed by atoms with Crippen LogP contribution in [-0.2, 0) is 20.0 Å². The van der Waals surface area contributed by atoms with Crippen molar-refractivity contribution in [3.63, 3.8) is 0 Å². The van der Waals surface area contributed by atoms with E-state index in [1.807, 2.05) is 25.4 Å². The summed E-state index contributed by atoms with van der Waals surface area (Å²) in [4.78, 5) is 9.49. The molecule has 0 atom stereocenters. The Labute approximate surface area is 190 Å². The second-order valence-electron chi connectivity index (χ2n) is 7.80. The van der Waals surface area contributed by atoms with Crippen LogP contribution in [0, 0.1) is 0 Å². The van der Waals surface area contributed by atoms with E-state index in [-0.39, 0.29) is 0 Å². The number of pyridine rings is 1. The number of hydrogen-bond acceptors (Lipinski definition) is 5. The highest BCUT2D eigenvalue weighted by atomic mass is 32.1. The van der Waals surface area contributed by atoms with E-state index in [0.717, 1.165) is 64.2 Å². The Kier molecular flexibility index (Phi) is 5.59. The lowest BCUT2D eigenvalue weighted by Crippen LogP contribution is -2.16. The van der Waals surface area contributed by atoms with E-state index >= 15 is 0 Å². The molecule has 1 aromatic carbocycles. The number of thiophene rings is 1. The molecule has 0 aliphatic rings. The number of H-pyrrole nitrogens is 1. The zero-order valence-electron chi connectivity index (χ0n) is 18.4. The third-order valence-corrected chi connectivity index (χ3v) is 6.79. The van der Waals surface area contributed by atoms with Crippen LogP contribution < -0.4 is 14.8 Å². The fourth-order valence-corrected chi connectivity index (χ4v) is 4.90. The average Bonchev–Trinajstić information content (AvgIpc) is 3.55. The first kappa shape index (κ1) is 20.6. The first-order chi connectivity index (χ1) is 15.7. The summed E-state index contributed by atoms with van der Waals surface area (Å²) in [6.45, 7) is 1.76. The number of fused-ring (bicyclic) bond motifs is 2. The topological polar surface area (TPSA) is 64.1 Å². The minimum atomic E-state index is 0.720. The van der Waals surface area contributed by atoms with Crippen LogP contribution in [-0.4, -0.2) is 35.3 Å². The van der Waals surface area contributed by atoms with Crippen molar-refractivity contribution in [2.75, 3.05) is 20.8 Å². The Bertz CT molecular complexity index is 1370. The number of aromatic amines is 1. The van der Waals surface area contributed by atoms with Gasteiger partial charge in [-0.3, -0.25) is 0 Å². The van der Waals surface area contributed by atoms with Gasteiger partial charge < -0.3 is 24.3 Å². The first-order valence-electron chi connectivity index (χ1n) is 10.6. The molecule has 0 fully saturated rings. The van der Waals surface area contributed by atoms with Gasteiger partial charge in [0.25, 0.3) is 0 Å². The van der Waals surface area contributed by atoms with E-state index in [2.05, 4.69) is 55.7 Å². The summed E-state index contributed by atoms with van der Waals surface area (Å²) in [6.07, 6.45) is 5.05.